The van der Waals surface area contributed by atoms with Gasteiger partial charge < -0.3 is 4.90 Å². The monoisotopic (exact) mass is 393 g/mol. The SMILES string of the molecule is Fc1ccccc1[C@@H]1[C@@H]2CC=C[C@@H]2c2c3c(cc4ccccc24)[C@H]2C=CC[C@H]2CN31. The number of halogens is 1. The Balaban J connectivity index is 1.56. The molecule has 2 heterocycles. The van der Waals surface area contributed by atoms with Gasteiger partial charge >= 0.3 is 0 Å². The fraction of sp³-hybridized carbons (Fsp3) is 0.286. The molecular formula is C28H24FN. The zero-order valence-corrected chi connectivity index (χ0v) is 16.8. The van der Waals surface area contributed by atoms with Crippen LogP contribution >= 0.6 is 0 Å². The summed E-state index contributed by atoms with van der Waals surface area (Å²) >= 11 is 0. The average Bonchev–Trinajstić information content (AvgIpc) is 3.44. The topological polar surface area (TPSA) is 3.24 Å². The lowest BCUT2D eigenvalue weighted by Gasteiger charge is -2.51. The van der Waals surface area contributed by atoms with Gasteiger partial charge in [0.1, 0.15) is 5.82 Å². The zero-order valence-electron chi connectivity index (χ0n) is 16.8. The summed E-state index contributed by atoms with van der Waals surface area (Å²) in [6.07, 6.45) is 11.6. The molecule has 2 aliphatic heterocycles. The number of hydrogen-bond donors (Lipinski definition) is 0. The second-order valence-corrected chi connectivity index (χ2v) is 9.37. The summed E-state index contributed by atoms with van der Waals surface area (Å²) in [5.41, 5.74) is 5.19. The van der Waals surface area contributed by atoms with Crippen molar-refractivity contribution in [3.63, 3.8) is 0 Å². The number of nitrogens with zero attached hydrogens (tertiary/aromatic N) is 1. The molecule has 1 nitrogen and oxygen atoms in total. The summed E-state index contributed by atoms with van der Waals surface area (Å²) in [5, 5.41) is 2.71. The van der Waals surface area contributed by atoms with Crippen molar-refractivity contribution >= 4 is 16.5 Å². The van der Waals surface area contributed by atoms with Gasteiger partial charge in [0.15, 0.2) is 0 Å². The number of anilines is 1. The number of hydrogen-bond acceptors (Lipinski definition) is 1. The summed E-state index contributed by atoms with van der Waals surface area (Å²) in [7, 11) is 0. The summed E-state index contributed by atoms with van der Waals surface area (Å²) in [4.78, 5) is 2.60. The first-order chi connectivity index (χ1) is 14.8. The summed E-state index contributed by atoms with van der Waals surface area (Å²) < 4.78 is 15.1. The third-order valence-electron chi connectivity index (χ3n) is 7.97. The maximum absolute atomic E-state index is 15.1. The normalized spacial score (nSPS) is 30.4. The summed E-state index contributed by atoms with van der Waals surface area (Å²) in [6.45, 7) is 1.01. The minimum absolute atomic E-state index is 0.0643. The predicted octanol–water partition coefficient (Wildman–Crippen LogP) is 6.87. The lowest BCUT2D eigenvalue weighted by atomic mass is 9.69. The molecule has 0 bridgehead atoms. The van der Waals surface area contributed by atoms with E-state index in [9.17, 15) is 0 Å². The molecule has 3 aromatic rings. The van der Waals surface area contributed by atoms with Crippen LogP contribution in [0.5, 0.6) is 0 Å². The summed E-state index contributed by atoms with van der Waals surface area (Å²) in [6, 6.07) is 18.8. The minimum atomic E-state index is -0.0643. The zero-order chi connectivity index (χ0) is 19.8. The van der Waals surface area contributed by atoms with E-state index >= 15 is 4.39 Å². The molecule has 0 saturated carbocycles. The molecule has 0 amide bonds. The van der Waals surface area contributed by atoms with Crippen LogP contribution in [0.25, 0.3) is 10.8 Å². The molecule has 5 atom stereocenters. The van der Waals surface area contributed by atoms with E-state index in [1.54, 1.807) is 6.07 Å². The van der Waals surface area contributed by atoms with Crippen LogP contribution in [0.3, 0.4) is 0 Å². The highest BCUT2D eigenvalue weighted by molar-refractivity contribution is 5.94. The van der Waals surface area contributed by atoms with Crippen LogP contribution in [0, 0.1) is 17.7 Å². The van der Waals surface area contributed by atoms with Gasteiger partial charge in [-0.05, 0) is 58.7 Å². The van der Waals surface area contributed by atoms with Crippen molar-refractivity contribution < 1.29 is 4.39 Å². The molecule has 0 N–H and O–H groups in total. The number of benzene rings is 3. The van der Waals surface area contributed by atoms with Crippen molar-refractivity contribution in [2.75, 3.05) is 11.4 Å². The van der Waals surface area contributed by atoms with Crippen LogP contribution in [0.4, 0.5) is 10.1 Å². The maximum atomic E-state index is 15.1. The molecule has 4 aliphatic rings. The van der Waals surface area contributed by atoms with E-state index in [2.05, 4.69) is 59.5 Å². The molecule has 0 radical (unpaired) electrons. The van der Waals surface area contributed by atoms with E-state index in [0.29, 0.717) is 23.7 Å². The Labute approximate surface area is 176 Å². The Bertz CT molecular complexity index is 1240. The second-order valence-electron chi connectivity index (χ2n) is 9.37. The Kier molecular flexibility index (Phi) is 3.42. The van der Waals surface area contributed by atoms with Crippen molar-refractivity contribution in [3.05, 3.63) is 101 Å². The Morgan fingerprint density at radius 1 is 0.833 bits per heavy atom. The first kappa shape index (κ1) is 16.9. The summed E-state index contributed by atoms with van der Waals surface area (Å²) in [5.74, 6) is 1.76. The van der Waals surface area contributed by atoms with Gasteiger partial charge in [-0.2, -0.15) is 0 Å². The van der Waals surface area contributed by atoms with E-state index in [-0.39, 0.29) is 11.9 Å². The highest BCUT2D eigenvalue weighted by Crippen LogP contribution is 2.60. The quantitative estimate of drug-likeness (QED) is 0.408. The lowest BCUT2D eigenvalue weighted by molar-refractivity contribution is 0.329. The molecular weight excluding hydrogens is 369 g/mol. The predicted molar refractivity (Wildman–Crippen MR) is 120 cm³/mol. The standard InChI is InChI=1S/C28H24FN/c29-25-14-4-3-10-23(25)27-22-13-6-12-21(22)26-20-9-2-1-7-17(20)15-24-19-11-5-8-18(19)16-30(27)28(24)26/h1-7,9-12,14-15,18-19,21-22,27H,8,13,16H2/t18-,19-,21-,22+,27-/m0/s1. The number of fused-ring (bicyclic) bond motifs is 6. The molecule has 0 aromatic heterocycles. The maximum Gasteiger partial charge on any atom is 0.128 e. The lowest BCUT2D eigenvalue weighted by Crippen LogP contribution is -2.46. The van der Waals surface area contributed by atoms with E-state index in [1.165, 1.54) is 27.6 Å². The Morgan fingerprint density at radius 3 is 2.57 bits per heavy atom. The molecule has 30 heavy (non-hydrogen) atoms. The highest BCUT2D eigenvalue weighted by atomic mass is 19.1. The first-order valence-electron chi connectivity index (χ1n) is 11.2. The Morgan fingerprint density at radius 2 is 1.63 bits per heavy atom. The van der Waals surface area contributed by atoms with Crippen molar-refractivity contribution in [1.29, 1.82) is 0 Å². The van der Waals surface area contributed by atoms with Crippen LogP contribution in [0.1, 0.15) is 47.4 Å². The molecule has 0 fully saturated rings. The fourth-order valence-corrected chi connectivity index (χ4v) is 6.80. The van der Waals surface area contributed by atoms with Gasteiger partial charge in [-0.1, -0.05) is 66.8 Å². The smallest absolute Gasteiger partial charge is 0.128 e. The average molecular weight is 394 g/mol. The van der Waals surface area contributed by atoms with Gasteiger partial charge in [-0.3, -0.25) is 0 Å². The van der Waals surface area contributed by atoms with Gasteiger partial charge in [-0.25, -0.2) is 4.39 Å². The first-order valence-corrected chi connectivity index (χ1v) is 11.2. The molecule has 2 aliphatic carbocycles. The van der Waals surface area contributed by atoms with Crippen molar-refractivity contribution in [1.82, 2.24) is 0 Å². The largest absolute Gasteiger partial charge is 0.363 e. The van der Waals surface area contributed by atoms with Gasteiger partial charge in [0.2, 0.25) is 0 Å². The van der Waals surface area contributed by atoms with E-state index in [0.717, 1.165) is 24.9 Å². The fourth-order valence-electron chi connectivity index (χ4n) is 6.80. The van der Waals surface area contributed by atoms with Crippen LogP contribution in [0.2, 0.25) is 0 Å². The van der Waals surface area contributed by atoms with E-state index in [4.69, 9.17) is 0 Å². The Hall–Kier alpha value is -2.87. The van der Waals surface area contributed by atoms with Crippen molar-refractivity contribution in [2.24, 2.45) is 11.8 Å². The van der Waals surface area contributed by atoms with Gasteiger partial charge in [0.25, 0.3) is 0 Å². The van der Waals surface area contributed by atoms with Crippen LogP contribution in [-0.4, -0.2) is 6.54 Å². The molecule has 0 unspecified atom stereocenters. The third-order valence-corrected chi connectivity index (χ3v) is 7.97. The molecule has 7 rings (SSSR count). The number of allylic oxidation sites excluding steroid dienone is 4. The number of rotatable bonds is 1. The van der Waals surface area contributed by atoms with Gasteiger partial charge in [-0.15, -0.1) is 0 Å². The van der Waals surface area contributed by atoms with Gasteiger partial charge in [0, 0.05) is 29.6 Å². The minimum Gasteiger partial charge on any atom is -0.363 e. The third kappa shape index (κ3) is 2.12. The molecule has 3 aromatic carbocycles. The second kappa shape index (κ2) is 6.07. The highest BCUT2D eigenvalue weighted by Gasteiger charge is 2.48. The van der Waals surface area contributed by atoms with Crippen LogP contribution in [0.15, 0.2) is 78.9 Å². The van der Waals surface area contributed by atoms with Crippen molar-refractivity contribution in [3.8, 4) is 0 Å². The van der Waals surface area contributed by atoms with Crippen LogP contribution in [-0.2, 0) is 0 Å². The molecule has 148 valence electrons. The van der Waals surface area contributed by atoms with Gasteiger partial charge in [0.05, 0.1) is 6.04 Å². The van der Waals surface area contributed by atoms with E-state index in [1.807, 2.05) is 18.2 Å². The van der Waals surface area contributed by atoms with Crippen LogP contribution < -0.4 is 4.90 Å². The molecule has 2 heteroatoms. The van der Waals surface area contributed by atoms with E-state index < -0.39 is 0 Å². The molecule has 0 spiro atoms. The van der Waals surface area contributed by atoms with Crippen molar-refractivity contribution in [2.45, 2.75) is 30.7 Å². The molecule has 0 saturated heterocycles.